The van der Waals surface area contributed by atoms with Crippen LogP contribution >= 0.6 is 11.8 Å². The Morgan fingerprint density at radius 2 is 1.53 bits per heavy atom. The van der Waals surface area contributed by atoms with Crippen molar-refractivity contribution in [1.82, 2.24) is 5.32 Å². The molecular formula is C16H24N2S. The molecule has 0 saturated carbocycles. The van der Waals surface area contributed by atoms with Gasteiger partial charge in [0.15, 0.2) is 0 Å². The van der Waals surface area contributed by atoms with Gasteiger partial charge in [-0.25, -0.2) is 0 Å². The van der Waals surface area contributed by atoms with E-state index in [9.17, 15) is 0 Å². The van der Waals surface area contributed by atoms with Crippen molar-refractivity contribution in [1.29, 1.82) is 0 Å². The molecule has 0 aromatic heterocycles. The fourth-order valence-electron chi connectivity index (χ4n) is 3.14. The number of anilines is 1. The topological polar surface area (TPSA) is 15.3 Å². The summed E-state index contributed by atoms with van der Waals surface area (Å²) in [6.45, 7) is 2.40. The number of nitrogens with zero attached hydrogens (tertiary/aromatic N) is 1. The first-order chi connectivity index (χ1) is 9.42. The average molecular weight is 276 g/mol. The molecule has 0 spiro atoms. The summed E-state index contributed by atoms with van der Waals surface area (Å²) in [6, 6.07) is 12.4. The molecule has 2 nitrogen and oxygen atoms in total. The van der Waals surface area contributed by atoms with Crippen LogP contribution < -0.4 is 10.2 Å². The zero-order valence-electron chi connectivity index (χ0n) is 11.6. The van der Waals surface area contributed by atoms with Gasteiger partial charge in [0, 0.05) is 30.9 Å². The molecule has 2 aliphatic rings. The Morgan fingerprint density at radius 1 is 0.895 bits per heavy atom. The largest absolute Gasteiger partial charge is 0.371 e. The lowest BCUT2D eigenvalue weighted by atomic mass is 10.0. The highest BCUT2D eigenvalue weighted by Gasteiger charge is 2.22. The fourth-order valence-corrected chi connectivity index (χ4v) is 4.25. The van der Waals surface area contributed by atoms with Gasteiger partial charge in [0.1, 0.15) is 0 Å². The molecule has 0 atom stereocenters. The Balaban J connectivity index is 1.46. The van der Waals surface area contributed by atoms with E-state index in [1.807, 2.05) is 0 Å². The van der Waals surface area contributed by atoms with Crippen LogP contribution in [0.15, 0.2) is 30.3 Å². The van der Waals surface area contributed by atoms with Crippen LogP contribution in [0.5, 0.6) is 0 Å². The van der Waals surface area contributed by atoms with E-state index < -0.39 is 0 Å². The standard InChI is InChI=1S/C16H24N2S/c1-2-4-16(5-3-1)18-10-6-14(7-11-18)17-15-8-12-19-13-9-15/h1-5,14-15,17H,6-13H2. The van der Waals surface area contributed by atoms with Crippen molar-refractivity contribution < 1.29 is 0 Å². The van der Waals surface area contributed by atoms with Gasteiger partial charge < -0.3 is 10.2 Å². The van der Waals surface area contributed by atoms with Crippen LogP contribution in [0, 0.1) is 0 Å². The summed E-state index contributed by atoms with van der Waals surface area (Å²) in [4.78, 5) is 2.52. The molecule has 3 heteroatoms. The molecule has 2 saturated heterocycles. The number of hydrogen-bond donors (Lipinski definition) is 1. The lowest BCUT2D eigenvalue weighted by molar-refractivity contribution is 0.353. The first-order valence-corrected chi connectivity index (χ1v) is 8.71. The highest BCUT2D eigenvalue weighted by Crippen LogP contribution is 2.22. The molecule has 0 amide bonds. The van der Waals surface area contributed by atoms with Gasteiger partial charge in [0.05, 0.1) is 0 Å². The summed E-state index contributed by atoms with van der Waals surface area (Å²) in [6.07, 6.45) is 5.31. The quantitative estimate of drug-likeness (QED) is 0.913. The zero-order valence-corrected chi connectivity index (χ0v) is 12.4. The van der Waals surface area contributed by atoms with E-state index in [0.717, 1.165) is 12.1 Å². The third kappa shape index (κ3) is 3.67. The smallest absolute Gasteiger partial charge is 0.0366 e. The summed E-state index contributed by atoms with van der Waals surface area (Å²) in [5, 5.41) is 3.89. The Kier molecular flexibility index (Phi) is 4.67. The predicted molar refractivity (Wildman–Crippen MR) is 85.2 cm³/mol. The maximum Gasteiger partial charge on any atom is 0.0366 e. The van der Waals surface area contributed by atoms with E-state index in [4.69, 9.17) is 0 Å². The molecule has 2 heterocycles. The number of rotatable bonds is 3. The minimum absolute atomic E-state index is 0.744. The predicted octanol–water partition coefficient (Wildman–Crippen LogP) is 3.14. The van der Waals surface area contributed by atoms with Crippen LogP contribution in [0.1, 0.15) is 25.7 Å². The molecule has 0 unspecified atom stereocenters. The third-order valence-corrected chi connectivity index (χ3v) is 5.36. The van der Waals surface area contributed by atoms with E-state index in [1.165, 1.54) is 56.0 Å². The third-order valence-electron chi connectivity index (χ3n) is 4.31. The normalized spacial score (nSPS) is 22.6. The van der Waals surface area contributed by atoms with Crippen molar-refractivity contribution in [2.24, 2.45) is 0 Å². The van der Waals surface area contributed by atoms with Crippen LogP contribution in [0.3, 0.4) is 0 Å². The number of piperidine rings is 1. The molecule has 19 heavy (non-hydrogen) atoms. The SMILES string of the molecule is c1ccc(N2CCC(NC3CCSCC3)CC2)cc1. The number of benzene rings is 1. The Hall–Kier alpha value is -0.670. The highest BCUT2D eigenvalue weighted by atomic mass is 32.2. The number of thioether (sulfide) groups is 1. The first-order valence-electron chi connectivity index (χ1n) is 7.55. The Bertz CT molecular complexity index is 368. The monoisotopic (exact) mass is 276 g/mol. The van der Waals surface area contributed by atoms with E-state index in [-0.39, 0.29) is 0 Å². The minimum atomic E-state index is 0.744. The van der Waals surface area contributed by atoms with Crippen molar-refractivity contribution in [3.05, 3.63) is 30.3 Å². The highest BCUT2D eigenvalue weighted by molar-refractivity contribution is 7.99. The molecule has 3 rings (SSSR count). The van der Waals surface area contributed by atoms with Gasteiger partial charge in [-0.1, -0.05) is 18.2 Å². The molecule has 1 aromatic rings. The Morgan fingerprint density at radius 3 is 2.21 bits per heavy atom. The molecule has 2 fully saturated rings. The van der Waals surface area contributed by atoms with E-state index >= 15 is 0 Å². The zero-order chi connectivity index (χ0) is 12.9. The van der Waals surface area contributed by atoms with Crippen molar-refractivity contribution in [3.63, 3.8) is 0 Å². The van der Waals surface area contributed by atoms with Crippen LogP contribution in [0.25, 0.3) is 0 Å². The van der Waals surface area contributed by atoms with Crippen molar-refractivity contribution in [2.75, 3.05) is 29.5 Å². The van der Waals surface area contributed by atoms with E-state index in [0.29, 0.717) is 0 Å². The molecule has 104 valence electrons. The summed E-state index contributed by atoms with van der Waals surface area (Å²) >= 11 is 2.11. The van der Waals surface area contributed by atoms with Gasteiger partial charge in [0.25, 0.3) is 0 Å². The summed E-state index contributed by atoms with van der Waals surface area (Å²) in [7, 11) is 0. The van der Waals surface area contributed by atoms with Gasteiger partial charge >= 0.3 is 0 Å². The number of hydrogen-bond acceptors (Lipinski definition) is 3. The number of nitrogens with one attached hydrogen (secondary N) is 1. The molecule has 1 aromatic carbocycles. The van der Waals surface area contributed by atoms with Crippen molar-refractivity contribution in [2.45, 2.75) is 37.8 Å². The second kappa shape index (κ2) is 6.67. The van der Waals surface area contributed by atoms with Crippen LogP contribution in [-0.4, -0.2) is 36.7 Å². The Labute approximate surface area is 121 Å². The average Bonchev–Trinajstić information content (AvgIpc) is 2.50. The lowest BCUT2D eigenvalue weighted by Crippen LogP contribution is -2.47. The van der Waals surface area contributed by atoms with Gasteiger partial charge in [-0.15, -0.1) is 0 Å². The van der Waals surface area contributed by atoms with E-state index in [1.54, 1.807) is 0 Å². The number of para-hydroxylation sites is 1. The lowest BCUT2D eigenvalue weighted by Gasteiger charge is -2.36. The van der Waals surface area contributed by atoms with E-state index in [2.05, 4.69) is 52.3 Å². The summed E-state index contributed by atoms with van der Waals surface area (Å²) < 4.78 is 0. The van der Waals surface area contributed by atoms with Gasteiger partial charge in [-0.05, 0) is 49.3 Å². The molecule has 0 radical (unpaired) electrons. The summed E-state index contributed by atoms with van der Waals surface area (Å²) in [5.41, 5.74) is 1.38. The second-order valence-corrected chi connectivity index (χ2v) is 6.87. The maximum absolute atomic E-state index is 3.89. The van der Waals surface area contributed by atoms with Crippen molar-refractivity contribution in [3.8, 4) is 0 Å². The van der Waals surface area contributed by atoms with Gasteiger partial charge in [-0.3, -0.25) is 0 Å². The minimum Gasteiger partial charge on any atom is -0.371 e. The van der Waals surface area contributed by atoms with Crippen LogP contribution in [-0.2, 0) is 0 Å². The van der Waals surface area contributed by atoms with Gasteiger partial charge in [-0.2, -0.15) is 11.8 Å². The van der Waals surface area contributed by atoms with Gasteiger partial charge in [0.2, 0.25) is 0 Å². The van der Waals surface area contributed by atoms with Crippen molar-refractivity contribution >= 4 is 17.4 Å². The first kappa shape index (κ1) is 13.3. The molecule has 0 bridgehead atoms. The molecule has 0 aliphatic carbocycles. The summed E-state index contributed by atoms with van der Waals surface area (Å²) in [5.74, 6) is 2.70. The van der Waals surface area contributed by atoms with Crippen LogP contribution in [0.2, 0.25) is 0 Å². The molecular weight excluding hydrogens is 252 g/mol. The maximum atomic E-state index is 3.89. The molecule has 1 N–H and O–H groups in total. The second-order valence-electron chi connectivity index (χ2n) is 5.65. The molecule has 2 aliphatic heterocycles. The fraction of sp³-hybridized carbons (Fsp3) is 0.625. The van der Waals surface area contributed by atoms with Crippen LogP contribution in [0.4, 0.5) is 5.69 Å².